The molecule has 40 heavy (non-hydrogen) atoms. The number of nitrogens with zero attached hydrogens (tertiary/aromatic N) is 4. The molecule has 194 valence electrons. The number of benzene rings is 4. The summed E-state index contributed by atoms with van der Waals surface area (Å²) in [7, 11) is 0. The van der Waals surface area contributed by atoms with Crippen molar-refractivity contribution in [2.75, 3.05) is 0 Å². The zero-order valence-electron chi connectivity index (χ0n) is 22.8. The van der Waals surface area contributed by atoms with Gasteiger partial charge >= 0.3 is 0 Å². The molecule has 0 fully saturated rings. The van der Waals surface area contributed by atoms with E-state index in [0.717, 1.165) is 69.3 Å². The van der Waals surface area contributed by atoms with Crippen molar-refractivity contribution >= 4 is 0 Å². The van der Waals surface area contributed by atoms with Crippen LogP contribution in [0.5, 0.6) is 0 Å². The van der Waals surface area contributed by atoms with E-state index in [0.29, 0.717) is 5.82 Å². The summed E-state index contributed by atoms with van der Waals surface area (Å²) in [5.74, 6) is 1.41. The predicted octanol–water partition coefficient (Wildman–Crippen LogP) is 8.73. The number of hydrogen-bond acceptors (Lipinski definition) is 4. The summed E-state index contributed by atoms with van der Waals surface area (Å²) < 4.78 is 0. The lowest BCUT2D eigenvalue weighted by Gasteiger charge is -2.13. The van der Waals surface area contributed by atoms with Gasteiger partial charge in [0, 0.05) is 33.5 Å². The summed E-state index contributed by atoms with van der Waals surface area (Å²) >= 11 is 0. The molecule has 4 aromatic carbocycles. The Kier molecular flexibility index (Phi) is 7.23. The number of hydrogen-bond donors (Lipinski definition) is 0. The molecule has 0 amide bonds. The van der Waals surface area contributed by atoms with Gasteiger partial charge in [-0.05, 0) is 48.7 Å². The lowest BCUT2D eigenvalue weighted by molar-refractivity contribution is 1.01. The summed E-state index contributed by atoms with van der Waals surface area (Å²) in [6, 6.07) is 41.5. The van der Waals surface area contributed by atoms with Crippen LogP contribution in [0, 0.1) is 0 Å². The Morgan fingerprint density at radius 1 is 0.400 bits per heavy atom. The van der Waals surface area contributed by atoms with Crippen molar-refractivity contribution in [3.8, 4) is 56.5 Å². The summed E-state index contributed by atoms with van der Waals surface area (Å²) in [5.41, 5.74) is 10.0. The molecule has 0 N–H and O–H groups in total. The highest BCUT2D eigenvalue weighted by atomic mass is 14.9. The van der Waals surface area contributed by atoms with Crippen molar-refractivity contribution in [1.29, 1.82) is 0 Å². The van der Waals surface area contributed by atoms with Crippen LogP contribution in [0.15, 0.2) is 121 Å². The third-order valence-corrected chi connectivity index (χ3v) is 6.99. The third kappa shape index (κ3) is 5.43. The first-order valence-electron chi connectivity index (χ1n) is 13.8. The molecule has 0 aliphatic carbocycles. The summed E-state index contributed by atoms with van der Waals surface area (Å²) in [6.07, 6.45) is 1.71. The van der Waals surface area contributed by atoms with Gasteiger partial charge in [-0.15, -0.1) is 0 Å². The van der Waals surface area contributed by atoms with Crippen molar-refractivity contribution in [3.63, 3.8) is 0 Å². The molecule has 0 saturated carbocycles. The van der Waals surface area contributed by atoms with Gasteiger partial charge in [-0.2, -0.15) is 0 Å². The molecule has 6 aromatic rings. The number of aryl methyl sites for hydroxylation is 2. The molecule has 0 bridgehead atoms. The molecule has 4 nitrogen and oxygen atoms in total. The SMILES string of the molecule is CCc1cc(-c2nc(CC)cc(-c3ccccc3)n2)cc(-c2nc(-c3ccccc3)cc(-c3ccccc3)n2)c1. The second-order valence-electron chi connectivity index (χ2n) is 9.75. The first kappa shape index (κ1) is 25.3. The van der Waals surface area contributed by atoms with Gasteiger partial charge in [0.2, 0.25) is 0 Å². The molecule has 0 aliphatic rings. The van der Waals surface area contributed by atoms with Crippen LogP contribution in [0.1, 0.15) is 25.1 Å². The number of rotatable bonds is 7. The fourth-order valence-corrected chi connectivity index (χ4v) is 4.81. The molecule has 0 spiro atoms. The first-order chi connectivity index (χ1) is 19.7. The van der Waals surface area contributed by atoms with Gasteiger partial charge in [0.1, 0.15) is 0 Å². The molecule has 2 aromatic heterocycles. The highest BCUT2D eigenvalue weighted by Gasteiger charge is 2.15. The van der Waals surface area contributed by atoms with Crippen molar-refractivity contribution < 1.29 is 0 Å². The summed E-state index contributed by atoms with van der Waals surface area (Å²) in [4.78, 5) is 20.1. The molecular formula is C36H30N4. The molecule has 0 unspecified atom stereocenters. The van der Waals surface area contributed by atoms with Gasteiger partial charge in [0.05, 0.1) is 17.1 Å². The summed E-state index contributed by atoms with van der Waals surface area (Å²) in [6.45, 7) is 4.29. The topological polar surface area (TPSA) is 51.6 Å². The average Bonchev–Trinajstić information content (AvgIpc) is 3.05. The van der Waals surface area contributed by atoms with Crippen LogP contribution in [0.3, 0.4) is 0 Å². The Bertz CT molecular complexity index is 1690. The van der Waals surface area contributed by atoms with Crippen LogP contribution in [-0.4, -0.2) is 19.9 Å². The molecule has 0 radical (unpaired) electrons. The largest absolute Gasteiger partial charge is 0.233 e. The predicted molar refractivity (Wildman–Crippen MR) is 164 cm³/mol. The first-order valence-corrected chi connectivity index (χ1v) is 13.8. The number of aromatic nitrogens is 4. The fourth-order valence-electron chi connectivity index (χ4n) is 4.81. The van der Waals surface area contributed by atoms with Crippen LogP contribution in [0.2, 0.25) is 0 Å². The molecular weight excluding hydrogens is 488 g/mol. The minimum absolute atomic E-state index is 0.687. The van der Waals surface area contributed by atoms with Crippen molar-refractivity contribution in [2.45, 2.75) is 26.7 Å². The van der Waals surface area contributed by atoms with Crippen LogP contribution in [0.4, 0.5) is 0 Å². The van der Waals surface area contributed by atoms with Gasteiger partial charge in [-0.1, -0.05) is 105 Å². The normalized spacial score (nSPS) is 10.9. The summed E-state index contributed by atoms with van der Waals surface area (Å²) in [5, 5.41) is 0. The van der Waals surface area contributed by atoms with E-state index >= 15 is 0 Å². The molecule has 0 aliphatic heterocycles. The maximum atomic E-state index is 5.06. The van der Waals surface area contributed by atoms with Gasteiger partial charge in [-0.25, -0.2) is 19.9 Å². The highest BCUT2D eigenvalue weighted by molar-refractivity contribution is 5.74. The Balaban J connectivity index is 1.52. The molecule has 0 atom stereocenters. The van der Waals surface area contributed by atoms with E-state index in [-0.39, 0.29) is 0 Å². The molecule has 2 heterocycles. The van der Waals surface area contributed by atoms with Crippen LogP contribution < -0.4 is 0 Å². The standard InChI is InChI=1S/C36H30N4/c1-3-25-20-29(35-37-31(4-2)23-32(38-35)26-14-8-5-9-15-26)22-30(21-25)36-39-33(27-16-10-6-11-17-27)24-34(40-36)28-18-12-7-13-19-28/h5-24H,3-4H2,1-2H3. The van der Waals surface area contributed by atoms with E-state index in [1.54, 1.807) is 0 Å². The van der Waals surface area contributed by atoms with Crippen LogP contribution in [-0.2, 0) is 12.8 Å². The van der Waals surface area contributed by atoms with E-state index in [2.05, 4.69) is 80.6 Å². The van der Waals surface area contributed by atoms with E-state index in [1.165, 1.54) is 5.56 Å². The second kappa shape index (κ2) is 11.4. The van der Waals surface area contributed by atoms with Crippen LogP contribution >= 0.6 is 0 Å². The molecule has 0 saturated heterocycles. The zero-order chi connectivity index (χ0) is 27.3. The van der Waals surface area contributed by atoms with Crippen LogP contribution in [0.25, 0.3) is 56.5 Å². The van der Waals surface area contributed by atoms with Gasteiger partial charge in [-0.3, -0.25) is 0 Å². The van der Waals surface area contributed by atoms with Gasteiger partial charge in [0.25, 0.3) is 0 Å². The average molecular weight is 519 g/mol. The Labute approximate surface area is 235 Å². The van der Waals surface area contributed by atoms with E-state index in [4.69, 9.17) is 19.9 Å². The lowest BCUT2D eigenvalue weighted by Crippen LogP contribution is -2.00. The van der Waals surface area contributed by atoms with E-state index in [9.17, 15) is 0 Å². The Morgan fingerprint density at radius 2 is 0.825 bits per heavy atom. The smallest absolute Gasteiger partial charge is 0.160 e. The Morgan fingerprint density at radius 3 is 1.25 bits per heavy atom. The van der Waals surface area contributed by atoms with Crippen molar-refractivity contribution in [3.05, 3.63) is 133 Å². The van der Waals surface area contributed by atoms with Crippen molar-refractivity contribution in [2.24, 2.45) is 0 Å². The minimum atomic E-state index is 0.687. The quantitative estimate of drug-likeness (QED) is 0.212. The van der Waals surface area contributed by atoms with Gasteiger partial charge in [0.15, 0.2) is 11.6 Å². The Hall–Kier alpha value is -4.96. The monoisotopic (exact) mass is 518 g/mol. The molecule has 4 heteroatoms. The second-order valence-corrected chi connectivity index (χ2v) is 9.75. The maximum absolute atomic E-state index is 5.06. The van der Waals surface area contributed by atoms with E-state index in [1.807, 2.05) is 54.6 Å². The maximum Gasteiger partial charge on any atom is 0.160 e. The zero-order valence-corrected chi connectivity index (χ0v) is 22.8. The minimum Gasteiger partial charge on any atom is -0.233 e. The van der Waals surface area contributed by atoms with Gasteiger partial charge < -0.3 is 0 Å². The highest BCUT2D eigenvalue weighted by Crippen LogP contribution is 2.31. The fraction of sp³-hybridized carbons (Fsp3) is 0.111. The van der Waals surface area contributed by atoms with E-state index < -0.39 is 0 Å². The third-order valence-electron chi connectivity index (χ3n) is 6.99. The van der Waals surface area contributed by atoms with Crippen molar-refractivity contribution in [1.82, 2.24) is 19.9 Å². The molecule has 6 rings (SSSR count). The lowest BCUT2D eigenvalue weighted by atomic mass is 10.0.